The van der Waals surface area contributed by atoms with Gasteiger partial charge in [-0.2, -0.15) is 0 Å². The van der Waals surface area contributed by atoms with Crippen LogP contribution in [0.4, 0.5) is 5.69 Å². The highest BCUT2D eigenvalue weighted by Gasteiger charge is 2.20. The van der Waals surface area contributed by atoms with Crippen molar-refractivity contribution in [2.75, 3.05) is 5.73 Å². The summed E-state index contributed by atoms with van der Waals surface area (Å²) in [6.45, 7) is 3.26. The molecule has 1 saturated carbocycles. The van der Waals surface area contributed by atoms with Crippen molar-refractivity contribution >= 4 is 5.69 Å². The van der Waals surface area contributed by atoms with Crippen molar-refractivity contribution in [1.82, 2.24) is 20.2 Å². The van der Waals surface area contributed by atoms with E-state index in [-0.39, 0.29) is 0 Å². The SMILES string of the molecule is CC1CCC(Cn2nnnc2-c2ccc(N)cc2)CC1. The zero-order chi connectivity index (χ0) is 13.9. The Bertz CT molecular complexity index is 552. The fourth-order valence-corrected chi connectivity index (χ4v) is 2.92. The van der Waals surface area contributed by atoms with Crippen LogP contribution >= 0.6 is 0 Å². The van der Waals surface area contributed by atoms with Crippen molar-refractivity contribution in [3.63, 3.8) is 0 Å². The topological polar surface area (TPSA) is 69.6 Å². The molecule has 1 aliphatic carbocycles. The van der Waals surface area contributed by atoms with E-state index in [1.807, 2.05) is 28.9 Å². The summed E-state index contributed by atoms with van der Waals surface area (Å²) in [5.41, 5.74) is 7.50. The van der Waals surface area contributed by atoms with Crippen LogP contribution in [0.25, 0.3) is 11.4 Å². The lowest BCUT2D eigenvalue weighted by Crippen LogP contribution is -2.19. The number of rotatable bonds is 3. The molecular formula is C15H21N5. The summed E-state index contributed by atoms with van der Waals surface area (Å²) in [7, 11) is 0. The summed E-state index contributed by atoms with van der Waals surface area (Å²) in [5.74, 6) is 2.41. The third-order valence-electron chi connectivity index (χ3n) is 4.27. The van der Waals surface area contributed by atoms with Gasteiger partial charge in [-0.25, -0.2) is 4.68 Å². The summed E-state index contributed by atoms with van der Waals surface area (Å²) in [6.07, 6.45) is 5.21. The zero-order valence-corrected chi connectivity index (χ0v) is 11.9. The first kappa shape index (κ1) is 13.1. The van der Waals surface area contributed by atoms with Crippen LogP contribution < -0.4 is 5.73 Å². The number of nitrogen functional groups attached to an aromatic ring is 1. The molecule has 0 unspecified atom stereocenters. The van der Waals surface area contributed by atoms with Crippen LogP contribution in [-0.2, 0) is 6.54 Å². The Morgan fingerprint density at radius 2 is 1.85 bits per heavy atom. The minimum absolute atomic E-state index is 0.697. The van der Waals surface area contributed by atoms with Crippen LogP contribution in [0.2, 0.25) is 0 Å². The molecule has 0 atom stereocenters. The Morgan fingerprint density at radius 1 is 1.15 bits per heavy atom. The van der Waals surface area contributed by atoms with E-state index in [0.717, 1.165) is 29.5 Å². The highest BCUT2D eigenvalue weighted by molar-refractivity contribution is 5.58. The minimum Gasteiger partial charge on any atom is -0.399 e. The van der Waals surface area contributed by atoms with E-state index in [0.29, 0.717) is 5.92 Å². The minimum atomic E-state index is 0.697. The quantitative estimate of drug-likeness (QED) is 0.871. The molecule has 0 radical (unpaired) electrons. The molecule has 20 heavy (non-hydrogen) atoms. The monoisotopic (exact) mass is 271 g/mol. The van der Waals surface area contributed by atoms with E-state index in [1.54, 1.807) is 0 Å². The van der Waals surface area contributed by atoms with E-state index < -0.39 is 0 Å². The lowest BCUT2D eigenvalue weighted by Gasteiger charge is -2.26. The molecule has 1 aliphatic rings. The molecule has 0 spiro atoms. The van der Waals surface area contributed by atoms with Crippen LogP contribution in [0.1, 0.15) is 32.6 Å². The van der Waals surface area contributed by atoms with Gasteiger partial charge >= 0.3 is 0 Å². The molecule has 5 heteroatoms. The van der Waals surface area contributed by atoms with Crippen molar-refractivity contribution in [1.29, 1.82) is 0 Å². The van der Waals surface area contributed by atoms with E-state index in [4.69, 9.17) is 5.73 Å². The highest BCUT2D eigenvalue weighted by atomic mass is 15.5. The van der Waals surface area contributed by atoms with E-state index >= 15 is 0 Å². The maximum absolute atomic E-state index is 5.72. The van der Waals surface area contributed by atoms with E-state index in [2.05, 4.69) is 22.4 Å². The molecule has 0 bridgehead atoms. The Balaban J connectivity index is 1.75. The van der Waals surface area contributed by atoms with Gasteiger partial charge in [0.2, 0.25) is 0 Å². The van der Waals surface area contributed by atoms with Gasteiger partial charge in [0.25, 0.3) is 0 Å². The maximum atomic E-state index is 5.72. The summed E-state index contributed by atoms with van der Waals surface area (Å²) in [6, 6.07) is 7.72. The summed E-state index contributed by atoms with van der Waals surface area (Å²) < 4.78 is 1.94. The number of tetrazole rings is 1. The Kier molecular flexibility index (Phi) is 3.67. The van der Waals surface area contributed by atoms with Crippen molar-refractivity contribution in [3.05, 3.63) is 24.3 Å². The van der Waals surface area contributed by atoms with Gasteiger partial charge < -0.3 is 5.73 Å². The number of hydrogen-bond acceptors (Lipinski definition) is 4. The predicted molar refractivity (Wildman–Crippen MR) is 78.8 cm³/mol. The van der Waals surface area contributed by atoms with Gasteiger partial charge in [-0.15, -0.1) is 5.10 Å². The van der Waals surface area contributed by atoms with Gasteiger partial charge in [0.15, 0.2) is 5.82 Å². The van der Waals surface area contributed by atoms with E-state index in [9.17, 15) is 0 Å². The molecule has 2 N–H and O–H groups in total. The largest absolute Gasteiger partial charge is 0.399 e. The van der Waals surface area contributed by atoms with Gasteiger partial charge in [-0.1, -0.05) is 19.8 Å². The highest BCUT2D eigenvalue weighted by Crippen LogP contribution is 2.30. The fourth-order valence-electron chi connectivity index (χ4n) is 2.92. The third kappa shape index (κ3) is 2.81. The van der Waals surface area contributed by atoms with Crippen LogP contribution in [0.3, 0.4) is 0 Å². The smallest absolute Gasteiger partial charge is 0.182 e. The molecule has 1 heterocycles. The number of nitrogens with two attached hydrogens (primary N) is 1. The van der Waals surface area contributed by atoms with Gasteiger partial charge in [-0.05, 0) is 59.4 Å². The number of anilines is 1. The Morgan fingerprint density at radius 3 is 2.55 bits per heavy atom. The van der Waals surface area contributed by atoms with Gasteiger partial charge in [0.05, 0.1) is 0 Å². The summed E-state index contributed by atoms with van der Waals surface area (Å²) in [4.78, 5) is 0. The zero-order valence-electron chi connectivity index (χ0n) is 11.9. The van der Waals surface area contributed by atoms with Gasteiger partial charge in [-0.3, -0.25) is 0 Å². The molecule has 0 saturated heterocycles. The molecular weight excluding hydrogens is 250 g/mol. The second kappa shape index (κ2) is 5.61. The summed E-state index contributed by atoms with van der Waals surface area (Å²) >= 11 is 0. The molecule has 2 aromatic rings. The van der Waals surface area contributed by atoms with Crippen molar-refractivity contribution in [3.8, 4) is 11.4 Å². The number of nitrogens with zero attached hydrogens (tertiary/aromatic N) is 4. The van der Waals surface area contributed by atoms with Gasteiger partial charge in [0.1, 0.15) is 0 Å². The first-order valence-corrected chi connectivity index (χ1v) is 7.34. The Hall–Kier alpha value is -1.91. The van der Waals surface area contributed by atoms with Crippen molar-refractivity contribution < 1.29 is 0 Å². The van der Waals surface area contributed by atoms with E-state index in [1.165, 1.54) is 25.7 Å². The van der Waals surface area contributed by atoms with Crippen molar-refractivity contribution in [2.45, 2.75) is 39.2 Å². The standard InChI is InChI=1S/C15H21N5/c1-11-2-4-12(5-3-11)10-20-15(17-18-19-20)13-6-8-14(16)9-7-13/h6-9,11-12H,2-5,10,16H2,1H3. The normalized spacial score (nSPS) is 22.9. The number of hydrogen-bond donors (Lipinski definition) is 1. The lowest BCUT2D eigenvalue weighted by molar-refractivity contribution is 0.257. The fraction of sp³-hybridized carbons (Fsp3) is 0.533. The second-order valence-corrected chi connectivity index (χ2v) is 5.93. The molecule has 5 nitrogen and oxygen atoms in total. The third-order valence-corrected chi connectivity index (χ3v) is 4.27. The molecule has 106 valence electrons. The molecule has 0 aliphatic heterocycles. The molecule has 1 aromatic heterocycles. The second-order valence-electron chi connectivity index (χ2n) is 5.93. The number of aromatic nitrogens is 4. The molecule has 3 rings (SSSR count). The molecule has 0 amide bonds. The number of benzene rings is 1. The predicted octanol–water partition coefficient (Wildman–Crippen LogP) is 2.75. The first-order chi connectivity index (χ1) is 9.72. The summed E-state index contributed by atoms with van der Waals surface area (Å²) in [5, 5.41) is 12.1. The van der Waals surface area contributed by atoms with Crippen LogP contribution in [0.5, 0.6) is 0 Å². The van der Waals surface area contributed by atoms with Crippen LogP contribution in [0, 0.1) is 11.8 Å². The van der Waals surface area contributed by atoms with Crippen LogP contribution in [0.15, 0.2) is 24.3 Å². The first-order valence-electron chi connectivity index (χ1n) is 7.34. The average molecular weight is 271 g/mol. The molecule has 1 aromatic carbocycles. The maximum Gasteiger partial charge on any atom is 0.182 e. The van der Waals surface area contributed by atoms with Crippen molar-refractivity contribution in [2.24, 2.45) is 11.8 Å². The van der Waals surface area contributed by atoms with Gasteiger partial charge in [0, 0.05) is 17.8 Å². The Labute approximate surface area is 119 Å². The van der Waals surface area contributed by atoms with Crippen LogP contribution in [-0.4, -0.2) is 20.2 Å². The molecule has 1 fully saturated rings. The average Bonchev–Trinajstić information content (AvgIpc) is 2.90. The lowest BCUT2D eigenvalue weighted by atomic mass is 9.83.